The van der Waals surface area contributed by atoms with E-state index in [4.69, 9.17) is 27.6 Å². The third-order valence-corrected chi connectivity index (χ3v) is 3.15. The molecular formula is C13H10Cl2O2. The molecule has 2 rings (SSSR count). The summed E-state index contributed by atoms with van der Waals surface area (Å²) in [5.74, 6) is 0.914. The number of aryl methyl sites for hydroxylation is 1. The molecule has 0 aliphatic heterocycles. The normalized spacial score (nSPS) is 10.5. The van der Waals surface area contributed by atoms with Gasteiger partial charge in [-0.05, 0) is 30.3 Å². The standard InChI is InChI=1S/C13H10Cl2O2/c1-2-9-4-6-12(17-9)13(16)8-3-5-10(14)11(15)7-8/h3-7H,2H2,1H3. The molecule has 0 saturated carbocycles. The van der Waals surface area contributed by atoms with Gasteiger partial charge in [0.1, 0.15) is 5.76 Å². The summed E-state index contributed by atoms with van der Waals surface area (Å²) >= 11 is 11.7. The Bertz CT molecular complexity index is 558. The first-order chi connectivity index (χ1) is 8.11. The summed E-state index contributed by atoms with van der Waals surface area (Å²) in [7, 11) is 0. The van der Waals surface area contributed by atoms with Gasteiger partial charge in [-0.25, -0.2) is 0 Å². The maximum atomic E-state index is 12.0. The molecule has 0 aliphatic rings. The van der Waals surface area contributed by atoms with Crippen LogP contribution in [0.5, 0.6) is 0 Å². The quantitative estimate of drug-likeness (QED) is 0.774. The summed E-state index contributed by atoms with van der Waals surface area (Å²) in [5.41, 5.74) is 0.469. The summed E-state index contributed by atoms with van der Waals surface area (Å²) in [6.07, 6.45) is 0.759. The van der Waals surface area contributed by atoms with Crippen molar-refractivity contribution >= 4 is 29.0 Å². The van der Waals surface area contributed by atoms with Crippen molar-refractivity contribution in [2.75, 3.05) is 0 Å². The van der Waals surface area contributed by atoms with Crippen molar-refractivity contribution in [2.24, 2.45) is 0 Å². The number of carbonyl (C=O) groups excluding carboxylic acids is 1. The highest BCUT2D eigenvalue weighted by Crippen LogP contribution is 2.24. The maximum absolute atomic E-state index is 12.0. The fraction of sp³-hybridized carbons (Fsp3) is 0.154. The van der Waals surface area contributed by atoms with Crippen LogP contribution in [0.15, 0.2) is 34.7 Å². The molecule has 1 heterocycles. The van der Waals surface area contributed by atoms with Crippen LogP contribution in [0, 0.1) is 0 Å². The summed E-state index contributed by atoms with van der Waals surface area (Å²) in [4.78, 5) is 12.0. The van der Waals surface area contributed by atoms with E-state index >= 15 is 0 Å². The Kier molecular flexibility index (Phi) is 3.55. The zero-order chi connectivity index (χ0) is 12.4. The molecule has 17 heavy (non-hydrogen) atoms. The zero-order valence-electron chi connectivity index (χ0n) is 9.17. The van der Waals surface area contributed by atoms with E-state index in [9.17, 15) is 4.79 Å². The Morgan fingerprint density at radius 2 is 1.94 bits per heavy atom. The van der Waals surface area contributed by atoms with E-state index < -0.39 is 0 Å². The minimum atomic E-state index is -0.191. The number of ketones is 1. The number of furan rings is 1. The van der Waals surface area contributed by atoms with Crippen molar-refractivity contribution in [1.82, 2.24) is 0 Å². The maximum Gasteiger partial charge on any atom is 0.228 e. The fourth-order valence-electron chi connectivity index (χ4n) is 1.47. The molecular weight excluding hydrogens is 259 g/mol. The van der Waals surface area contributed by atoms with E-state index in [1.807, 2.05) is 6.92 Å². The van der Waals surface area contributed by atoms with Crippen LogP contribution in [0.1, 0.15) is 28.8 Å². The van der Waals surface area contributed by atoms with Gasteiger partial charge in [-0.15, -0.1) is 0 Å². The molecule has 88 valence electrons. The third-order valence-electron chi connectivity index (χ3n) is 2.42. The van der Waals surface area contributed by atoms with E-state index in [-0.39, 0.29) is 5.78 Å². The van der Waals surface area contributed by atoms with Gasteiger partial charge in [0.15, 0.2) is 5.76 Å². The van der Waals surface area contributed by atoms with Crippen molar-refractivity contribution in [2.45, 2.75) is 13.3 Å². The summed E-state index contributed by atoms with van der Waals surface area (Å²) in [5, 5.41) is 0.789. The lowest BCUT2D eigenvalue weighted by atomic mass is 10.1. The fourth-order valence-corrected chi connectivity index (χ4v) is 1.77. The molecule has 0 amide bonds. The van der Waals surface area contributed by atoms with Gasteiger partial charge in [0, 0.05) is 12.0 Å². The van der Waals surface area contributed by atoms with Gasteiger partial charge in [0.25, 0.3) is 0 Å². The van der Waals surface area contributed by atoms with Crippen LogP contribution in [0.2, 0.25) is 10.0 Å². The van der Waals surface area contributed by atoms with E-state index in [0.29, 0.717) is 21.4 Å². The average molecular weight is 269 g/mol. The Balaban J connectivity index is 2.33. The minimum absolute atomic E-state index is 0.191. The van der Waals surface area contributed by atoms with Crippen LogP contribution in [0.4, 0.5) is 0 Å². The van der Waals surface area contributed by atoms with Crippen molar-refractivity contribution < 1.29 is 9.21 Å². The molecule has 2 aromatic rings. The van der Waals surface area contributed by atoms with Crippen molar-refractivity contribution in [3.05, 3.63) is 57.5 Å². The van der Waals surface area contributed by atoms with Gasteiger partial charge in [0.05, 0.1) is 10.0 Å². The molecule has 2 nitrogen and oxygen atoms in total. The van der Waals surface area contributed by atoms with E-state index in [1.165, 1.54) is 0 Å². The molecule has 0 radical (unpaired) electrons. The highest BCUT2D eigenvalue weighted by molar-refractivity contribution is 6.42. The molecule has 0 fully saturated rings. The molecule has 1 aromatic heterocycles. The van der Waals surface area contributed by atoms with Crippen molar-refractivity contribution in [1.29, 1.82) is 0 Å². The smallest absolute Gasteiger partial charge is 0.228 e. The highest BCUT2D eigenvalue weighted by atomic mass is 35.5. The summed E-state index contributed by atoms with van der Waals surface area (Å²) in [6.45, 7) is 1.96. The van der Waals surface area contributed by atoms with Crippen molar-refractivity contribution in [3.8, 4) is 0 Å². The monoisotopic (exact) mass is 268 g/mol. The third kappa shape index (κ3) is 2.54. The summed E-state index contributed by atoms with van der Waals surface area (Å²) in [6, 6.07) is 8.24. The molecule has 0 aliphatic carbocycles. The largest absolute Gasteiger partial charge is 0.458 e. The van der Waals surface area contributed by atoms with Crippen LogP contribution >= 0.6 is 23.2 Å². The second-order valence-corrected chi connectivity index (χ2v) is 4.39. The Labute approximate surface area is 109 Å². The van der Waals surface area contributed by atoms with Crippen LogP contribution in [-0.2, 0) is 6.42 Å². The van der Waals surface area contributed by atoms with Gasteiger partial charge < -0.3 is 4.42 Å². The Hall–Kier alpha value is -1.25. The van der Waals surface area contributed by atoms with Gasteiger partial charge in [-0.3, -0.25) is 4.79 Å². The summed E-state index contributed by atoms with van der Waals surface area (Å²) < 4.78 is 5.39. The number of halogens is 2. The van der Waals surface area contributed by atoms with Gasteiger partial charge in [-0.1, -0.05) is 30.1 Å². The molecule has 0 N–H and O–H groups in total. The first-order valence-electron chi connectivity index (χ1n) is 5.20. The molecule has 0 unspecified atom stereocenters. The van der Waals surface area contributed by atoms with Gasteiger partial charge >= 0.3 is 0 Å². The SMILES string of the molecule is CCc1ccc(C(=O)c2ccc(Cl)c(Cl)c2)o1. The molecule has 4 heteroatoms. The van der Waals surface area contributed by atoms with E-state index in [2.05, 4.69) is 0 Å². The predicted octanol–water partition coefficient (Wildman–Crippen LogP) is 4.38. The van der Waals surface area contributed by atoms with Crippen LogP contribution in [0.3, 0.4) is 0 Å². The van der Waals surface area contributed by atoms with E-state index in [1.54, 1.807) is 30.3 Å². The molecule has 0 saturated heterocycles. The number of hydrogen-bond acceptors (Lipinski definition) is 2. The molecule has 1 aromatic carbocycles. The Morgan fingerprint density at radius 3 is 2.53 bits per heavy atom. The average Bonchev–Trinajstić information content (AvgIpc) is 2.80. The lowest BCUT2D eigenvalue weighted by molar-refractivity contribution is 0.101. The zero-order valence-corrected chi connectivity index (χ0v) is 10.7. The predicted molar refractivity (Wildman–Crippen MR) is 68.0 cm³/mol. The topological polar surface area (TPSA) is 30.2 Å². The minimum Gasteiger partial charge on any atom is -0.458 e. The lowest BCUT2D eigenvalue weighted by Gasteiger charge is -2.00. The van der Waals surface area contributed by atoms with E-state index in [0.717, 1.165) is 12.2 Å². The molecule has 0 atom stereocenters. The van der Waals surface area contributed by atoms with Crippen LogP contribution < -0.4 is 0 Å². The van der Waals surface area contributed by atoms with Crippen LogP contribution in [-0.4, -0.2) is 5.78 Å². The van der Waals surface area contributed by atoms with Crippen LogP contribution in [0.25, 0.3) is 0 Å². The van der Waals surface area contributed by atoms with Gasteiger partial charge in [0.2, 0.25) is 5.78 Å². The molecule has 0 spiro atoms. The number of carbonyl (C=O) groups is 1. The Morgan fingerprint density at radius 1 is 1.18 bits per heavy atom. The number of benzene rings is 1. The van der Waals surface area contributed by atoms with Crippen molar-refractivity contribution in [3.63, 3.8) is 0 Å². The highest BCUT2D eigenvalue weighted by Gasteiger charge is 2.14. The van der Waals surface area contributed by atoms with Gasteiger partial charge in [-0.2, -0.15) is 0 Å². The second kappa shape index (κ2) is 4.94. The first kappa shape index (κ1) is 12.2. The first-order valence-corrected chi connectivity index (χ1v) is 5.96. The molecule has 0 bridgehead atoms. The lowest BCUT2D eigenvalue weighted by Crippen LogP contribution is -1.99. The number of hydrogen-bond donors (Lipinski definition) is 0. The number of rotatable bonds is 3. The second-order valence-electron chi connectivity index (χ2n) is 3.58.